The summed E-state index contributed by atoms with van der Waals surface area (Å²) in [7, 11) is 0. The molecule has 0 aliphatic heterocycles. The molecule has 0 aliphatic rings. The van der Waals surface area contributed by atoms with Crippen molar-refractivity contribution < 1.29 is 9.59 Å². The lowest BCUT2D eigenvalue weighted by Crippen LogP contribution is -2.27. The van der Waals surface area contributed by atoms with Crippen LogP contribution in [0.25, 0.3) is 5.52 Å². The van der Waals surface area contributed by atoms with Crippen molar-refractivity contribution in [1.82, 2.24) is 20.0 Å². The standard InChI is InChI=1S/C24H22N4O2/c29-23(25-15-14-18-9-3-1-4-10-18)21-20-13-7-8-16-28(20)22(27-21)24(30)26-17-19-11-5-2-6-12-19/h1-13,16H,14-15,17H2,(H,25,29)(H,26,30). The summed E-state index contributed by atoms with van der Waals surface area (Å²) in [5, 5.41) is 5.77. The number of hydrogen-bond donors (Lipinski definition) is 2. The van der Waals surface area contributed by atoms with Crippen molar-refractivity contribution in [2.45, 2.75) is 13.0 Å². The summed E-state index contributed by atoms with van der Waals surface area (Å²) < 4.78 is 1.65. The number of amides is 2. The second kappa shape index (κ2) is 9.05. The van der Waals surface area contributed by atoms with Gasteiger partial charge in [-0.1, -0.05) is 66.7 Å². The Morgan fingerprint density at radius 2 is 1.43 bits per heavy atom. The zero-order chi connectivity index (χ0) is 20.8. The number of aromatic nitrogens is 2. The van der Waals surface area contributed by atoms with Crippen molar-refractivity contribution >= 4 is 17.3 Å². The van der Waals surface area contributed by atoms with Crippen molar-refractivity contribution in [3.63, 3.8) is 0 Å². The third-order valence-electron chi connectivity index (χ3n) is 4.80. The zero-order valence-corrected chi connectivity index (χ0v) is 16.4. The van der Waals surface area contributed by atoms with Gasteiger partial charge in [0, 0.05) is 19.3 Å². The lowest BCUT2D eigenvalue weighted by atomic mass is 10.1. The molecule has 0 saturated carbocycles. The Morgan fingerprint density at radius 1 is 0.767 bits per heavy atom. The van der Waals surface area contributed by atoms with E-state index in [0.717, 1.165) is 17.5 Å². The normalized spacial score (nSPS) is 10.7. The van der Waals surface area contributed by atoms with Crippen LogP contribution in [-0.4, -0.2) is 27.7 Å². The number of benzene rings is 2. The lowest BCUT2D eigenvalue weighted by Gasteiger charge is -2.04. The molecule has 2 N–H and O–H groups in total. The molecule has 0 saturated heterocycles. The van der Waals surface area contributed by atoms with E-state index in [0.29, 0.717) is 18.6 Å². The van der Waals surface area contributed by atoms with Gasteiger partial charge in [-0.05, 0) is 29.7 Å². The minimum atomic E-state index is -0.330. The fourth-order valence-corrected chi connectivity index (χ4v) is 3.27. The molecular weight excluding hydrogens is 376 g/mol. The number of nitrogens with zero attached hydrogens (tertiary/aromatic N) is 2. The van der Waals surface area contributed by atoms with Crippen LogP contribution in [0.15, 0.2) is 85.1 Å². The first kappa shape index (κ1) is 19.4. The van der Waals surface area contributed by atoms with Gasteiger partial charge in [-0.3, -0.25) is 14.0 Å². The molecule has 0 bridgehead atoms. The van der Waals surface area contributed by atoms with Crippen LogP contribution in [0.1, 0.15) is 32.2 Å². The maximum absolute atomic E-state index is 12.7. The Morgan fingerprint density at radius 3 is 2.17 bits per heavy atom. The molecule has 2 aromatic carbocycles. The summed E-state index contributed by atoms with van der Waals surface area (Å²) >= 11 is 0. The molecule has 30 heavy (non-hydrogen) atoms. The van der Waals surface area contributed by atoms with Gasteiger partial charge in [-0.15, -0.1) is 0 Å². The van der Waals surface area contributed by atoms with E-state index >= 15 is 0 Å². The maximum Gasteiger partial charge on any atom is 0.287 e. The Bertz CT molecular complexity index is 1150. The average Bonchev–Trinajstić information content (AvgIpc) is 3.19. The molecule has 0 fully saturated rings. The molecule has 150 valence electrons. The average molecular weight is 398 g/mol. The number of rotatable bonds is 7. The highest BCUT2D eigenvalue weighted by Gasteiger charge is 2.21. The Hall–Kier alpha value is -3.93. The van der Waals surface area contributed by atoms with Crippen molar-refractivity contribution in [3.8, 4) is 0 Å². The van der Waals surface area contributed by atoms with Crippen molar-refractivity contribution in [2.24, 2.45) is 0 Å². The Kier molecular flexibility index (Phi) is 5.85. The number of carbonyl (C=O) groups is 2. The highest BCUT2D eigenvalue weighted by atomic mass is 16.2. The van der Waals surface area contributed by atoms with Crippen molar-refractivity contribution in [3.05, 3.63) is 108 Å². The third kappa shape index (κ3) is 4.38. The molecule has 0 radical (unpaired) electrons. The molecule has 4 rings (SSSR count). The molecule has 6 nitrogen and oxygen atoms in total. The van der Waals surface area contributed by atoms with Gasteiger partial charge >= 0.3 is 0 Å². The van der Waals surface area contributed by atoms with Gasteiger partial charge < -0.3 is 10.6 Å². The molecule has 0 atom stereocenters. The summed E-state index contributed by atoms with van der Waals surface area (Å²) in [6, 6.07) is 25.0. The van der Waals surface area contributed by atoms with E-state index in [9.17, 15) is 9.59 Å². The van der Waals surface area contributed by atoms with Crippen LogP contribution in [0.5, 0.6) is 0 Å². The van der Waals surface area contributed by atoms with Crippen molar-refractivity contribution in [1.29, 1.82) is 0 Å². The van der Waals surface area contributed by atoms with Gasteiger partial charge in [0.15, 0.2) is 5.69 Å². The molecule has 2 heterocycles. The van der Waals surface area contributed by atoms with E-state index in [1.807, 2.05) is 66.7 Å². The van der Waals surface area contributed by atoms with E-state index in [4.69, 9.17) is 0 Å². The predicted molar refractivity (Wildman–Crippen MR) is 115 cm³/mol. The van der Waals surface area contributed by atoms with E-state index < -0.39 is 0 Å². The number of carbonyl (C=O) groups excluding carboxylic acids is 2. The predicted octanol–water partition coefficient (Wildman–Crippen LogP) is 3.24. The van der Waals surface area contributed by atoms with Crippen LogP contribution in [0.2, 0.25) is 0 Å². The number of nitrogens with one attached hydrogen (secondary N) is 2. The minimum absolute atomic E-state index is 0.190. The number of fused-ring (bicyclic) bond motifs is 1. The molecule has 6 heteroatoms. The first-order valence-electron chi connectivity index (χ1n) is 9.84. The third-order valence-corrected chi connectivity index (χ3v) is 4.80. The van der Waals surface area contributed by atoms with Gasteiger partial charge in [-0.25, -0.2) is 4.98 Å². The van der Waals surface area contributed by atoms with Gasteiger partial charge in [0.05, 0.1) is 5.52 Å². The van der Waals surface area contributed by atoms with E-state index in [2.05, 4.69) is 15.6 Å². The first-order valence-corrected chi connectivity index (χ1v) is 9.84. The molecule has 2 amide bonds. The van der Waals surface area contributed by atoms with Gasteiger partial charge in [0.25, 0.3) is 11.8 Å². The fraction of sp³-hybridized carbons (Fsp3) is 0.125. The molecular formula is C24H22N4O2. The van der Waals surface area contributed by atoms with Crippen LogP contribution >= 0.6 is 0 Å². The summed E-state index contributed by atoms with van der Waals surface area (Å²) in [5.41, 5.74) is 2.98. The number of imidazole rings is 1. The molecule has 0 aliphatic carbocycles. The minimum Gasteiger partial charge on any atom is -0.350 e. The highest BCUT2D eigenvalue weighted by Crippen LogP contribution is 2.14. The second-order valence-electron chi connectivity index (χ2n) is 6.90. The Balaban J connectivity index is 1.48. The van der Waals surface area contributed by atoms with Gasteiger partial charge in [0.1, 0.15) is 0 Å². The smallest absolute Gasteiger partial charge is 0.287 e. The summed E-state index contributed by atoms with van der Waals surface area (Å²) in [4.78, 5) is 29.9. The van der Waals surface area contributed by atoms with E-state index in [1.165, 1.54) is 0 Å². The monoisotopic (exact) mass is 398 g/mol. The van der Waals surface area contributed by atoms with Gasteiger partial charge in [-0.2, -0.15) is 0 Å². The Labute approximate surface area is 174 Å². The van der Waals surface area contributed by atoms with Crippen LogP contribution in [0.4, 0.5) is 0 Å². The zero-order valence-electron chi connectivity index (χ0n) is 16.4. The lowest BCUT2D eigenvalue weighted by molar-refractivity contribution is 0.0940. The maximum atomic E-state index is 12.7. The van der Waals surface area contributed by atoms with Crippen molar-refractivity contribution in [2.75, 3.05) is 6.54 Å². The quantitative estimate of drug-likeness (QED) is 0.502. The SMILES string of the molecule is O=C(NCCc1ccccc1)c1nc(C(=O)NCc2ccccc2)n2ccccc12. The molecule has 4 aromatic rings. The molecule has 2 aromatic heterocycles. The second-order valence-corrected chi connectivity index (χ2v) is 6.90. The van der Waals surface area contributed by atoms with E-state index in [1.54, 1.807) is 22.7 Å². The van der Waals surface area contributed by atoms with Crippen LogP contribution in [0.3, 0.4) is 0 Å². The largest absolute Gasteiger partial charge is 0.350 e. The van der Waals surface area contributed by atoms with E-state index in [-0.39, 0.29) is 23.3 Å². The number of hydrogen-bond acceptors (Lipinski definition) is 3. The summed E-state index contributed by atoms with van der Waals surface area (Å²) in [6.45, 7) is 0.879. The van der Waals surface area contributed by atoms with Crippen LogP contribution in [-0.2, 0) is 13.0 Å². The first-order chi connectivity index (χ1) is 14.7. The number of pyridine rings is 1. The van der Waals surface area contributed by atoms with Crippen LogP contribution < -0.4 is 10.6 Å². The van der Waals surface area contributed by atoms with Crippen LogP contribution in [0, 0.1) is 0 Å². The summed E-state index contributed by atoms with van der Waals surface area (Å²) in [5.74, 6) is -0.435. The highest BCUT2D eigenvalue weighted by molar-refractivity contribution is 6.02. The van der Waals surface area contributed by atoms with Gasteiger partial charge in [0.2, 0.25) is 5.82 Å². The molecule has 0 spiro atoms. The fourth-order valence-electron chi connectivity index (χ4n) is 3.27. The molecule has 0 unspecified atom stereocenters. The topological polar surface area (TPSA) is 75.5 Å². The summed E-state index contributed by atoms with van der Waals surface area (Å²) in [6.07, 6.45) is 2.46.